The zero-order chi connectivity index (χ0) is 22.2. The predicted molar refractivity (Wildman–Crippen MR) is 113 cm³/mol. The van der Waals surface area contributed by atoms with Crippen LogP contribution in [0.2, 0.25) is 0 Å². The van der Waals surface area contributed by atoms with E-state index in [1.54, 1.807) is 0 Å². The van der Waals surface area contributed by atoms with Gasteiger partial charge in [-0.05, 0) is 62.6 Å². The molecule has 1 fully saturated rings. The van der Waals surface area contributed by atoms with Crippen LogP contribution < -0.4 is 10.8 Å². The van der Waals surface area contributed by atoms with E-state index in [4.69, 9.17) is 5.21 Å². The van der Waals surface area contributed by atoms with Gasteiger partial charge in [0, 0.05) is 19.3 Å². The number of hydrogen-bond acceptors (Lipinski definition) is 7. The van der Waals surface area contributed by atoms with Crippen LogP contribution in [0.15, 0.2) is 6.07 Å². The van der Waals surface area contributed by atoms with E-state index in [1.807, 2.05) is 13.1 Å². The molecule has 0 saturated heterocycles. The summed E-state index contributed by atoms with van der Waals surface area (Å²) in [6, 6.07) is 1.84. The summed E-state index contributed by atoms with van der Waals surface area (Å²) >= 11 is 1.28. The first kappa shape index (κ1) is 22.3. The lowest BCUT2D eigenvalue weighted by Crippen LogP contribution is -2.50. The van der Waals surface area contributed by atoms with Crippen molar-refractivity contribution in [2.24, 2.45) is 0 Å². The fraction of sp³-hybridized carbons (Fsp3) is 0.500. The first-order valence-electron chi connectivity index (χ1n) is 9.33. The minimum atomic E-state index is -3.81. The number of rotatable bonds is 6. The highest BCUT2D eigenvalue weighted by molar-refractivity contribution is 7.92. The van der Waals surface area contributed by atoms with Gasteiger partial charge < -0.3 is 10.2 Å². The Morgan fingerprint density at radius 3 is 2.63 bits per heavy atom. The molecule has 2 aliphatic rings. The summed E-state index contributed by atoms with van der Waals surface area (Å²) in [5, 5.41) is 12.1. The summed E-state index contributed by atoms with van der Waals surface area (Å²) in [5.74, 6) is 10.5. The molecule has 1 unspecified atom stereocenters. The lowest BCUT2D eigenvalue weighted by Gasteiger charge is -2.27. The quantitative estimate of drug-likeness (QED) is 0.331. The number of nitrogens with one attached hydrogen (secondary N) is 2. The molecule has 8 nitrogen and oxygen atoms in total. The normalized spacial score (nSPS) is 18.4. The van der Waals surface area contributed by atoms with E-state index in [9.17, 15) is 18.0 Å². The molecule has 160 valence electrons. The lowest BCUT2D eigenvalue weighted by atomic mass is 10.1. The number of carbonyl (C=O) groups is 2. The van der Waals surface area contributed by atoms with Crippen LogP contribution in [0.4, 0.5) is 0 Å². The Kier molecular flexibility index (Phi) is 5.99. The van der Waals surface area contributed by atoms with Crippen LogP contribution in [0.1, 0.15) is 46.3 Å². The third-order valence-electron chi connectivity index (χ3n) is 5.69. The fourth-order valence-corrected chi connectivity index (χ4v) is 4.97. The number of amides is 2. The number of hydroxylamine groups is 1. The van der Waals surface area contributed by atoms with Gasteiger partial charge in [0.05, 0.1) is 15.3 Å². The van der Waals surface area contributed by atoms with Crippen LogP contribution in [0, 0.1) is 23.7 Å². The summed E-state index contributed by atoms with van der Waals surface area (Å²) in [6.07, 6.45) is 2.84. The number of nitrogens with zero attached hydrogens (tertiary/aromatic N) is 1. The molecule has 2 heterocycles. The Morgan fingerprint density at radius 2 is 2.10 bits per heavy atom. The minimum Gasteiger partial charge on any atom is -0.333 e. The Morgan fingerprint density at radius 1 is 1.40 bits per heavy atom. The van der Waals surface area contributed by atoms with Crippen LogP contribution in [0.25, 0.3) is 0 Å². The molecule has 3 rings (SSSR count). The van der Waals surface area contributed by atoms with Gasteiger partial charge in [0.1, 0.15) is 0 Å². The van der Waals surface area contributed by atoms with Gasteiger partial charge in [-0.3, -0.25) is 14.8 Å². The number of carbonyl (C=O) groups excluding carboxylic acids is 2. The van der Waals surface area contributed by atoms with E-state index in [0.29, 0.717) is 11.4 Å². The first-order valence-corrected chi connectivity index (χ1v) is 12.0. The van der Waals surface area contributed by atoms with Crippen LogP contribution in [-0.4, -0.2) is 60.5 Å². The number of hydrogen-bond donors (Lipinski definition) is 3. The van der Waals surface area contributed by atoms with E-state index in [1.165, 1.54) is 28.6 Å². The van der Waals surface area contributed by atoms with Crippen molar-refractivity contribution < 1.29 is 23.2 Å². The predicted octanol–water partition coefficient (Wildman–Crippen LogP) is 0.510. The molecular weight excluding hydrogens is 426 g/mol. The average molecular weight is 450 g/mol. The Hall–Kier alpha value is -2.37. The van der Waals surface area contributed by atoms with E-state index in [0.717, 1.165) is 29.5 Å². The molecule has 1 aromatic heterocycles. The summed E-state index contributed by atoms with van der Waals surface area (Å²) in [7, 11) is -1.93. The highest BCUT2D eigenvalue weighted by atomic mass is 32.2. The maximum atomic E-state index is 12.7. The molecular formula is C20H23N3O5S2. The van der Waals surface area contributed by atoms with Gasteiger partial charge in [-0.2, -0.15) is 0 Å². The molecule has 0 aromatic carbocycles. The monoisotopic (exact) mass is 449 g/mol. The van der Waals surface area contributed by atoms with E-state index < -0.39 is 20.5 Å². The smallest absolute Gasteiger partial charge is 0.264 e. The molecule has 1 aliphatic carbocycles. The molecule has 3 N–H and O–H groups in total. The molecule has 1 atom stereocenters. The van der Waals surface area contributed by atoms with Gasteiger partial charge in [-0.15, -0.1) is 11.3 Å². The highest BCUT2D eigenvalue weighted by Crippen LogP contribution is 2.34. The molecule has 1 aromatic rings. The molecule has 30 heavy (non-hydrogen) atoms. The fourth-order valence-electron chi connectivity index (χ4n) is 3.13. The maximum Gasteiger partial charge on any atom is 0.264 e. The molecule has 2 amide bonds. The zero-order valence-corrected chi connectivity index (χ0v) is 18.6. The number of sulfone groups is 1. The largest absolute Gasteiger partial charge is 0.333 e. The summed E-state index contributed by atoms with van der Waals surface area (Å²) in [5.41, 5.74) is 2.15. The van der Waals surface area contributed by atoms with Gasteiger partial charge in [0.15, 0.2) is 14.6 Å². The minimum absolute atomic E-state index is 0.0653. The summed E-state index contributed by atoms with van der Waals surface area (Å²) < 4.78 is 22.3. The van der Waals surface area contributed by atoms with E-state index in [2.05, 4.69) is 29.0 Å². The lowest BCUT2D eigenvalue weighted by molar-refractivity contribution is -0.131. The summed E-state index contributed by atoms with van der Waals surface area (Å²) in [6.45, 7) is 1.62. The van der Waals surface area contributed by atoms with Crippen molar-refractivity contribution in [2.45, 2.75) is 43.0 Å². The van der Waals surface area contributed by atoms with Crippen LogP contribution in [-0.2, 0) is 21.2 Å². The average Bonchev–Trinajstić information content (AvgIpc) is 3.28. The SMILES string of the molecule is CNC1(C#CC#Cc2cc3c(s2)C(=O)N(CCC(C)(C(=O)NO)S(C)(=O)=O)C3)CC1. The van der Waals surface area contributed by atoms with E-state index in [-0.39, 0.29) is 24.4 Å². The Bertz CT molecular complexity index is 1110. The van der Waals surface area contributed by atoms with Gasteiger partial charge >= 0.3 is 0 Å². The standard InChI is InChI=1S/C20H23N3O5S2/c1-19(18(25)22-26,30(3,27)28)10-11-23-13-14-12-15(29-16(14)17(23)24)6-4-5-7-20(21-2)8-9-20/h12,21,26H,8-11,13H2,1-3H3,(H,22,25). The van der Waals surface area contributed by atoms with Crippen LogP contribution in [0.5, 0.6) is 0 Å². The number of fused-ring (bicyclic) bond motifs is 1. The van der Waals surface area contributed by atoms with Crippen molar-refractivity contribution in [3.8, 4) is 23.7 Å². The Balaban J connectivity index is 1.66. The molecule has 0 bridgehead atoms. The van der Waals surface area contributed by atoms with Crippen LogP contribution in [0.3, 0.4) is 0 Å². The van der Waals surface area contributed by atoms with Crippen molar-refractivity contribution in [1.29, 1.82) is 0 Å². The Labute approximate surface area is 179 Å². The second kappa shape index (κ2) is 8.05. The van der Waals surface area contributed by atoms with Crippen molar-refractivity contribution in [2.75, 3.05) is 19.8 Å². The van der Waals surface area contributed by atoms with Crippen molar-refractivity contribution in [1.82, 2.24) is 15.7 Å². The second-order valence-corrected chi connectivity index (χ2v) is 11.2. The highest BCUT2D eigenvalue weighted by Gasteiger charge is 2.44. The second-order valence-electron chi connectivity index (χ2n) is 7.72. The molecule has 0 radical (unpaired) electrons. The van der Waals surface area contributed by atoms with Crippen molar-refractivity contribution >= 4 is 33.0 Å². The van der Waals surface area contributed by atoms with Crippen molar-refractivity contribution in [3.05, 3.63) is 21.4 Å². The van der Waals surface area contributed by atoms with Crippen LogP contribution >= 0.6 is 11.3 Å². The van der Waals surface area contributed by atoms with Gasteiger partial charge in [0.2, 0.25) is 0 Å². The van der Waals surface area contributed by atoms with Gasteiger partial charge in [-0.1, -0.05) is 5.92 Å². The molecule has 1 aliphatic heterocycles. The van der Waals surface area contributed by atoms with Gasteiger partial charge in [0.25, 0.3) is 11.8 Å². The summed E-state index contributed by atoms with van der Waals surface area (Å²) in [4.78, 5) is 27.4. The topological polar surface area (TPSA) is 116 Å². The molecule has 1 saturated carbocycles. The van der Waals surface area contributed by atoms with Gasteiger partial charge in [-0.25, -0.2) is 13.9 Å². The number of thiophene rings is 1. The third kappa shape index (κ3) is 4.23. The first-order chi connectivity index (χ1) is 14.0. The van der Waals surface area contributed by atoms with Crippen molar-refractivity contribution in [3.63, 3.8) is 0 Å². The maximum absolute atomic E-state index is 12.7. The van der Waals surface area contributed by atoms with E-state index >= 15 is 0 Å². The third-order valence-corrected chi connectivity index (χ3v) is 8.80. The zero-order valence-electron chi connectivity index (χ0n) is 17.0. The molecule has 10 heteroatoms. The molecule has 0 spiro atoms.